The minimum absolute atomic E-state index is 0.0546. The van der Waals surface area contributed by atoms with Crippen molar-refractivity contribution in [3.05, 3.63) is 42.0 Å². The highest BCUT2D eigenvalue weighted by Crippen LogP contribution is 2.31. The molecular weight excluding hydrogens is 240 g/mol. The van der Waals surface area contributed by atoms with Crippen molar-refractivity contribution in [1.29, 1.82) is 0 Å². The SMILES string of the molecule is C=C1c2ccccc2C(=O)N1CC(=O)NCC1CC1. The lowest BCUT2D eigenvalue weighted by Gasteiger charge is -2.16. The second-order valence-electron chi connectivity index (χ2n) is 5.13. The molecule has 0 unspecified atom stereocenters. The third-order valence-corrected chi connectivity index (χ3v) is 3.63. The number of fused-ring (bicyclic) bond motifs is 1. The number of nitrogens with one attached hydrogen (secondary N) is 1. The van der Waals surface area contributed by atoms with Crippen molar-refractivity contribution in [3.63, 3.8) is 0 Å². The summed E-state index contributed by atoms with van der Waals surface area (Å²) in [6.07, 6.45) is 2.39. The van der Waals surface area contributed by atoms with Crippen molar-refractivity contribution in [2.75, 3.05) is 13.1 Å². The molecule has 0 saturated heterocycles. The fourth-order valence-electron chi connectivity index (χ4n) is 2.28. The third-order valence-electron chi connectivity index (χ3n) is 3.63. The number of nitrogens with zero attached hydrogens (tertiary/aromatic N) is 1. The van der Waals surface area contributed by atoms with E-state index < -0.39 is 0 Å². The summed E-state index contributed by atoms with van der Waals surface area (Å²) in [5.74, 6) is 0.384. The molecule has 1 aliphatic heterocycles. The van der Waals surface area contributed by atoms with Gasteiger partial charge in [-0.1, -0.05) is 24.8 Å². The molecule has 0 aromatic heterocycles. The molecule has 1 saturated carbocycles. The summed E-state index contributed by atoms with van der Waals surface area (Å²) >= 11 is 0. The Kier molecular flexibility index (Phi) is 2.85. The molecule has 0 atom stereocenters. The molecule has 1 N–H and O–H groups in total. The van der Waals surface area contributed by atoms with Gasteiger partial charge < -0.3 is 5.32 Å². The van der Waals surface area contributed by atoms with E-state index in [-0.39, 0.29) is 18.4 Å². The van der Waals surface area contributed by atoms with E-state index in [2.05, 4.69) is 11.9 Å². The van der Waals surface area contributed by atoms with Gasteiger partial charge in [-0.25, -0.2) is 0 Å². The van der Waals surface area contributed by atoms with Crippen LogP contribution in [0.4, 0.5) is 0 Å². The zero-order valence-corrected chi connectivity index (χ0v) is 10.7. The summed E-state index contributed by atoms with van der Waals surface area (Å²) in [7, 11) is 0. The maximum absolute atomic E-state index is 12.2. The Morgan fingerprint density at radius 1 is 1.32 bits per heavy atom. The molecule has 0 bridgehead atoms. The highest BCUT2D eigenvalue weighted by Gasteiger charge is 2.32. The standard InChI is InChI=1S/C15H16N2O2/c1-10-12-4-2-3-5-13(12)15(19)17(10)9-14(18)16-8-11-6-7-11/h2-5,11H,1,6-9H2,(H,16,18). The maximum atomic E-state index is 12.2. The molecule has 1 aromatic carbocycles. The first-order chi connectivity index (χ1) is 9.16. The monoisotopic (exact) mass is 256 g/mol. The molecule has 1 aromatic rings. The molecule has 0 spiro atoms. The van der Waals surface area contributed by atoms with E-state index in [0.29, 0.717) is 17.2 Å². The van der Waals surface area contributed by atoms with E-state index in [4.69, 9.17) is 0 Å². The van der Waals surface area contributed by atoms with Crippen molar-refractivity contribution < 1.29 is 9.59 Å². The molecule has 1 fully saturated rings. The van der Waals surface area contributed by atoms with Crippen LogP contribution in [0.15, 0.2) is 30.8 Å². The van der Waals surface area contributed by atoms with Gasteiger partial charge in [0.25, 0.3) is 5.91 Å². The molecule has 2 aliphatic rings. The Morgan fingerprint density at radius 3 is 2.63 bits per heavy atom. The highest BCUT2D eigenvalue weighted by molar-refractivity contribution is 6.10. The van der Waals surface area contributed by atoms with Crippen LogP contribution < -0.4 is 5.32 Å². The van der Waals surface area contributed by atoms with E-state index in [1.807, 2.05) is 18.2 Å². The quantitative estimate of drug-likeness (QED) is 0.890. The number of hydrogen-bond acceptors (Lipinski definition) is 2. The van der Waals surface area contributed by atoms with Crippen LogP contribution in [0, 0.1) is 5.92 Å². The summed E-state index contributed by atoms with van der Waals surface area (Å²) in [5.41, 5.74) is 2.06. The highest BCUT2D eigenvalue weighted by atomic mass is 16.2. The van der Waals surface area contributed by atoms with E-state index >= 15 is 0 Å². The molecule has 4 nitrogen and oxygen atoms in total. The summed E-state index contributed by atoms with van der Waals surface area (Å²) in [5, 5.41) is 2.87. The number of carbonyl (C=O) groups excluding carboxylic acids is 2. The van der Waals surface area contributed by atoms with Crippen LogP contribution >= 0.6 is 0 Å². The van der Waals surface area contributed by atoms with Crippen molar-refractivity contribution in [2.24, 2.45) is 5.92 Å². The Morgan fingerprint density at radius 2 is 2.00 bits per heavy atom. The van der Waals surface area contributed by atoms with Crippen LogP contribution in [0.3, 0.4) is 0 Å². The number of amides is 2. The van der Waals surface area contributed by atoms with E-state index in [1.54, 1.807) is 6.07 Å². The van der Waals surface area contributed by atoms with Gasteiger partial charge in [-0.2, -0.15) is 0 Å². The fraction of sp³-hybridized carbons (Fsp3) is 0.333. The van der Waals surface area contributed by atoms with Gasteiger partial charge in [-0.3, -0.25) is 14.5 Å². The normalized spacial score (nSPS) is 17.6. The lowest BCUT2D eigenvalue weighted by molar-refractivity contribution is -0.121. The second-order valence-corrected chi connectivity index (χ2v) is 5.13. The lowest BCUT2D eigenvalue weighted by Crippen LogP contribution is -2.37. The summed E-state index contributed by atoms with van der Waals surface area (Å²) < 4.78 is 0. The van der Waals surface area contributed by atoms with Gasteiger partial charge in [0.15, 0.2) is 0 Å². The Balaban J connectivity index is 1.67. The van der Waals surface area contributed by atoms with Gasteiger partial charge in [-0.15, -0.1) is 0 Å². The van der Waals surface area contributed by atoms with Gasteiger partial charge in [0.05, 0.1) is 0 Å². The number of benzene rings is 1. The summed E-state index contributed by atoms with van der Waals surface area (Å²) in [6, 6.07) is 7.32. The van der Waals surface area contributed by atoms with E-state index in [9.17, 15) is 9.59 Å². The van der Waals surface area contributed by atoms with Gasteiger partial charge in [0, 0.05) is 23.4 Å². The molecular formula is C15H16N2O2. The smallest absolute Gasteiger partial charge is 0.259 e. The number of carbonyl (C=O) groups is 2. The Bertz CT molecular complexity index is 526. The first kappa shape index (κ1) is 12.0. The van der Waals surface area contributed by atoms with Crippen LogP contribution in [0.25, 0.3) is 5.70 Å². The van der Waals surface area contributed by atoms with Crippen LogP contribution in [0.5, 0.6) is 0 Å². The molecule has 3 rings (SSSR count). The van der Waals surface area contributed by atoms with Crippen molar-refractivity contribution >= 4 is 17.5 Å². The van der Waals surface area contributed by atoms with Gasteiger partial charge in [0.1, 0.15) is 6.54 Å². The molecule has 2 amide bonds. The first-order valence-corrected chi connectivity index (χ1v) is 6.53. The number of rotatable bonds is 4. The predicted molar refractivity (Wildman–Crippen MR) is 72.2 cm³/mol. The zero-order valence-electron chi connectivity index (χ0n) is 10.7. The molecule has 1 heterocycles. The second kappa shape index (κ2) is 4.53. The molecule has 4 heteroatoms. The third kappa shape index (κ3) is 2.26. The van der Waals surface area contributed by atoms with Gasteiger partial charge >= 0.3 is 0 Å². The summed E-state index contributed by atoms with van der Waals surface area (Å²) in [6.45, 7) is 4.69. The van der Waals surface area contributed by atoms with Gasteiger partial charge in [-0.05, 0) is 24.8 Å². The molecule has 19 heavy (non-hydrogen) atoms. The Labute approximate surface area is 112 Å². The molecule has 98 valence electrons. The van der Waals surface area contributed by atoms with Crippen LogP contribution in [0.2, 0.25) is 0 Å². The first-order valence-electron chi connectivity index (χ1n) is 6.53. The number of hydrogen-bond donors (Lipinski definition) is 1. The van der Waals surface area contributed by atoms with Crippen molar-refractivity contribution in [3.8, 4) is 0 Å². The fourth-order valence-corrected chi connectivity index (χ4v) is 2.28. The van der Waals surface area contributed by atoms with Crippen molar-refractivity contribution in [2.45, 2.75) is 12.8 Å². The summed E-state index contributed by atoms with van der Waals surface area (Å²) in [4.78, 5) is 25.5. The largest absolute Gasteiger partial charge is 0.354 e. The predicted octanol–water partition coefficient (Wildman–Crippen LogP) is 1.64. The van der Waals surface area contributed by atoms with Crippen LogP contribution in [0.1, 0.15) is 28.8 Å². The molecule has 0 radical (unpaired) electrons. The maximum Gasteiger partial charge on any atom is 0.259 e. The van der Waals surface area contributed by atoms with Gasteiger partial charge in [0.2, 0.25) is 5.91 Å². The zero-order chi connectivity index (χ0) is 13.4. The average Bonchev–Trinajstić information content (AvgIpc) is 3.22. The van der Waals surface area contributed by atoms with E-state index in [0.717, 1.165) is 12.1 Å². The average molecular weight is 256 g/mol. The lowest BCUT2D eigenvalue weighted by atomic mass is 10.1. The molecule has 1 aliphatic carbocycles. The van der Waals surface area contributed by atoms with Crippen LogP contribution in [-0.2, 0) is 4.79 Å². The van der Waals surface area contributed by atoms with Crippen molar-refractivity contribution in [1.82, 2.24) is 10.2 Å². The minimum Gasteiger partial charge on any atom is -0.354 e. The minimum atomic E-state index is -0.137. The van der Waals surface area contributed by atoms with Crippen LogP contribution in [-0.4, -0.2) is 29.8 Å². The topological polar surface area (TPSA) is 49.4 Å². The Hall–Kier alpha value is -2.10. The van der Waals surface area contributed by atoms with E-state index in [1.165, 1.54) is 17.7 Å².